The molecule has 1 fully saturated rings. The van der Waals surface area contributed by atoms with E-state index in [0.29, 0.717) is 6.04 Å². The Hall–Kier alpha value is -1.00. The molecule has 2 aromatic heterocycles. The van der Waals surface area contributed by atoms with Gasteiger partial charge in [-0.1, -0.05) is 18.9 Å². The van der Waals surface area contributed by atoms with E-state index in [2.05, 4.69) is 39.4 Å². The predicted octanol–water partition coefficient (Wildman–Crippen LogP) is 3.10. The van der Waals surface area contributed by atoms with Crippen LogP contribution in [0.25, 0.3) is 5.65 Å². The van der Waals surface area contributed by atoms with E-state index in [0.717, 1.165) is 23.1 Å². The van der Waals surface area contributed by atoms with E-state index < -0.39 is 0 Å². The lowest BCUT2D eigenvalue weighted by Crippen LogP contribution is -2.40. The van der Waals surface area contributed by atoms with E-state index >= 15 is 0 Å². The van der Waals surface area contributed by atoms with Crippen LogP contribution in [0.4, 0.5) is 0 Å². The Morgan fingerprint density at radius 1 is 1.37 bits per heavy atom. The van der Waals surface area contributed by atoms with Gasteiger partial charge >= 0.3 is 0 Å². The van der Waals surface area contributed by atoms with Gasteiger partial charge in [-0.25, -0.2) is 4.98 Å². The van der Waals surface area contributed by atoms with Gasteiger partial charge in [0.25, 0.3) is 0 Å². The molecule has 2 unspecified atom stereocenters. The van der Waals surface area contributed by atoms with Gasteiger partial charge in [0.15, 0.2) is 0 Å². The summed E-state index contributed by atoms with van der Waals surface area (Å²) in [6.45, 7) is 0.878. The summed E-state index contributed by atoms with van der Waals surface area (Å²) in [7, 11) is 0. The van der Waals surface area contributed by atoms with E-state index in [1.165, 1.54) is 25.7 Å². The standard InChI is InChI=1S/C15H21N3S/c1-19-14-7-3-2-6-13(14)16-10-12-11-18-9-5-4-8-15(18)17-12/h4-5,8-9,11,13-14,16H,2-3,6-7,10H2,1H3. The Kier molecular flexibility index (Phi) is 4.09. The zero-order valence-electron chi connectivity index (χ0n) is 11.4. The van der Waals surface area contributed by atoms with Gasteiger partial charge in [0, 0.05) is 30.2 Å². The number of hydrogen-bond donors (Lipinski definition) is 1. The third-order valence-corrected chi connectivity index (χ3v) is 5.13. The summed E-state index contributed by atoms with van der Waals surface area (Å²) in [6, 6.07) is 6.77. The summed E-state index contributed by atoms with van der Waals surface area (Å²) in [4.78, 5) is 4.64. The molecule has 0 bridgehead atoms. The van der Waals surface area contributed by atoms with E-state index in [1.807, 2.05) is 23.9 Å². The minimum Gasteiger partial charge on any atom is -0.307 e. The summed E-state index contributed by atoms with van der Waals surface area (Å²) < 4.78 is 2.09. The maximum Gasteiger partial charge on any atom is 0.137 e. The van der Waals surface area contributed by atoms with Crippen molar-refractivity contribution in [2.45, 2.75) is 43.5 Å². The molecule has 0 amide bonds. The van der Waals surface area contributed by atoms with Crippen LogP contribution in [0.5, 0.6) is 0 Å². The molecule has 102 valence electrons. The van der Waals surface area contributed by atoms with Gasteiger partial charge in [-0.3, -0.25) is 0 Å². The fraction of sp³-hybridized carbons (Fsp3) is 0.533. The van der Waals surface area contributed by atoms with Crippen molar-refractivity contribution in [3.63, 3.8) is 0 Å². The summed E-state index contributed by atoms with van der Waals surface area (Å²) >= 11 is 2.01. The number of thioether (sulfide) groups is 1. The maximum atomic E-state index is 4.64. The molecule has 3 nitrogen and oxygen atoms in total. The number of nitrogens with one attached hydrogen (secondary N) is 1. The molecule has 19 heavy (non-hydrogen) atoms. The second kappa shape index (κ2) is 5.97. The molecule has 2 aromatic rings. The van der Waals surface area contributed by atoms with Crippen molar-refractivity contribution in [1.82, 2.24) is 14.7 Å². The highest BCUT2D eigenvalue weighted by molar-refractivity contribution is 7.99. The van der Waals surface area contributed by atoms with Crippen LogP contribution in [0.3, 0.4) is 0 Å². The number of hydrogen-bond acceptors (Lipinski definition) is 3. The Balaban J connectivity index is 1.64. The van der Waals surface area contributed by atoms with Crippen LogP contribution >= 0.6 is 11.8 Å². The SMILES string of the molecule is CSC1CCCCC1NCc1cn2ccccc2n1. The van der Waals surface area contributed by atoms with Crippen LogP contribution < -0.4 is 5.32 Å². The molecule has 0 spiro atoms. The van der Waals surface area contributed by atoms with Crippen molar-refractivity contribution >= 4 is 17.4 Å². The van der Waals surface area contributed by atoms with Crippen molar-refractivity contribution in [2.24, 2.45) is 0 Å². The first-order chi connectivity index (χ1) is 9.36. The molecular formula is C15H21N3S. The van der Waals surface area contributed by atoms with Crippen LogP contribution in [-0.2, 0) is 6.54 Å². The van der Waals surface area contributed by atoms with Crippen LogP contribution in [0.1, 0.15) is 31.4 Å². The summed E-state index contributed by atoms with van der Waals surface area (Å²) in [5.41, 5.74) is 2.17. The fourth-order valence-electron chi connectivity index (χ4n) is 2.92. The van der Waals surface area contributed by atoms with Gasteiger partial charge in [0.05, 0.1) is 5.69 Å². The van der Waals surface area contributed by atoms with Crippen molar-refractivity contribution in [1.29, 1.82) is 0 Å². The maximum absolute atomic E-state index is 4.64. The van der Waals surface area contributed by atoms with E-state index in [1.54, 1.807) is 0 Å². The fourth-order valence-corrected chi connectivity index (χ4v) is 3.88. The second-order valence-corrected chi connectivity index (χ2v) is 6.32. The number of pyridine rings is 1. The Bertz CT molecular complexity index is 504. The molecule has 1 aliphatic rings. The second-order valence-electron chi connectivity index (χ2n) is 5.24. The van der Waals surface area contributed by atoms with Gasteiger partial charge in [0.1, 0.15) is 5.65 Å². The first kappa shape index (κ1) is 13.0. The molecular weight excluding hydrogens is 254 g/mol. The minimum absolute atomic E-state index is 0.647. The number of imidazole rings is 1. The number of aromatic nitrogens is 2. The predicted molar refractivity (Wildman–Crippen MR) is 81.6 cm³/mol. The highest BCUT2D eigenvalue weighted by Gasteiger charge is 2.23. The lowest BCUT2D eigenvalue weighted by molar-refractivity contribution is 0.382. The zero-order chi connectivity index (χ0) is 13.1. The van der Waals surface area contributed by atoms with Crippen molar-refractivity contribution in [2.75, 3.05) is 6.26 Å². The minimum atomic E-state index is 0.647. The molecule has 2 atom stereocenters. The van der Waals surface area contributed by atoms with E-state index in [4.69, 9.17) is 0 Å². The molecule has 1 saturated carbocycles. The molecule has 4 heteroatoms. The summed E-state index contributed by atoms with van der Waals surface area (Å²) in [5, 5.41) is 4.47. The number of rotatable bonds is 4. The molecule has 1 N–H and O–H groups in total. The first-order valence-electron chi connectivity index (χ1n) is 7.05. The Morgan fingerprint density at radius 3 is 3.11 bits per heavy atom. The highest BCUT2D eigenvalue weighted by Crippen LogP contribution is 2.27. The van der Waals surface area contributed by atoms with Gasteiger partial charge < -0.3 is 9.72 Å². The number of nitrogens with zero attached hydrogens (tertiary/aromatic N) is 2. The summed E-state index contributed by atoms with van der Waals surface area (Å²) in [5.74, 6) is 0. The smallest absolute Gasteiger partial charge is 0.137 e. The van der Waals surface area contributed by atoms with Gasteiger partial charge in [-0.05, 0) is 31.2 Å². The lowest BCUT2D eigenvalue weighted by atomic mass is 9.95. The van der Waals surface area contributed by atoms with Gasteiger partial charge in [-0.2, -0.15) is 11.8 Å². The quantitative estimate of drug-likeness (QED) is 0.929. The highest BCUT2D eigenvalue weighted by atomic mass is 32.2. The normalized spacial score (nSPS) is 23.8. The van der Waals surface area contributed by atoms with Crippen LogP contribution in [0.2, 0.25) is 0 Å². The van der Waals surface area contributed by atoms with Gasteiger partial charge in [-0.15, -0.1) is 0 Å². The molecule has 0 radical (unpaired) electrons. The largest absolute Gasteiger partial charge is 0.307 e. The Morgan fingerprint density at radius 2 is 2.26 bits per heavy atom. The van der Waals surface area contributed by atoms with Crippen molar-refractivity contribution < 1.29 is 0 Å². The molecule has 0 saturated heterocycles. The average Bonchev–Trinajstić information content (AvgIpc) is 2.88. The van der Waals surface area contributed by atoms with Crippen molar-refractivity contribution in [3.8, 4) is 0 Å². The summed E-state index contributed by atoms with van der Waals surface area (Å²) in [6.07, 6.45) is 11.8. The Labute approximate surface area is 118 Å². The molecule has 2 heterocycles. The third kappa shape index (κ3) is 2.95. The van der Waals surface area contributed by atoms with Crippen LogP contribution in [-0.4, -0.2) is 26.9 Å². The van der Waals surface area contributed by atoms with Crippen LogP contribution in [0, 0.1) is 0 Å². The molecule has 0 aromatic carbocycles. The van der Waals surface area contributed by atoms with E-state index in [9.17, 15) is 0 Å². The molecule has 3 rings (SSSR count). The average molecular weight is 275 g/mol. The topological polar surface area (TPSA) is 29.3 Å². The zero-order valence-corrected chi connectivity index (χ0v) is 12.2. The van der Waals surface area contributed by atoms with E-state index in [-0.39, 0.29) is 0 Å². The van der Waals surface area contributed by atoms with Crippen LogP contribution in [0.15, 0.2) is 30.6 Å². The number of fused-ring (bicyclic) bond motifs is 1. The molecule has 1 aliphatic carbocycles. The molecule has 0 aliphatic heterocycles. The monoisotopic (exact) mass is 275 g/mol. The third-order valence-electron chi connectivity index (χ3n) is 3.96. The first-order valence-corrected chi connectivity index (χ1v) is 8.34. The van der Waals surface area contributed by atoms with Gasteiger partial charge in [0.2, 0.25) is 0 Å². The lowest BCUT2D eigenvalue weighted by Gasteiger charge is -2.30. The van der Waals surface area contributed by atoms with Crippen molar-refractivity contribution in [3.05, 3.63) is 36.3 Å².